The van der Waals surface area contributed by atoms with Crippen LogP contribution in [0.5, 0.6) is 0 Å². The minimum Gasteiger partial charge on any atom is -0.480 e. The minimum absolute atomic E-state index is 0.169. The van der Waals surface area contributed by atoms with Crippen molar-refractivity contribution >= 4 is 5.97 Å². The van der Waals surface area contributed by atoms with Crippen molar-refractivity contribution in [3.63, 3.8) is 0 Å². The zero-order chi connectivity index (χ0) is 15.5. The Morgan fingerprint density at radius 3 is 2.20 bits per heavy atom. The summed E-state index contributed by atoms with van der Waals surface area (Å²) in [6, 6.07) is 1.13. The van der Waals surface area contributed by atoms with E-state index in [4.69, 9.17) is 0 Å². The van der Waals surface area contributed by atoms with Crippen molar-refractivity contribution in [3.8, 4) is 0 Å². The van der Waals surface area contributed by atoms with E-state index in [-0.39, 0.29) is 12.1 Å². The van der Waals surface area contributed by atoms with E-state index in [1.165, 1.54) is 12.8 Å². The van der Waals surface area contributed by atoms with Crippen molar-refractivity contribution in [1.82, 2.24) is 10.2 Å². The number of hydrogen-bond donors (Lipinski definition) is 2. The molecule has 0 aromatic carbocycles. The fourth-order valence-corrected chi connectivity index (χ4v) is 3.07. The summed E-state index contributed by atoms with van der Waals surface area (Å²) in [6.07, 6.45) is 3.17. The van der Waals surface area contributed by atoms with E-state index in [0.717, 1.165) is 6.54 Å². The molecule has 2 unspecified atom stereocenters. The second kappa shape index (κ2) is 6.90. The van der Waals surface area contributed by atoms with Crippen LogP contribution in [0.3, 0.4) is 0 Å². The maximum absolute atomic E-state index is 11.6. The van der Waals surface area contributed by atoms with E-state index >= 15 is 0 Å². The molecule has 0 radical (unpaired) electrons. The average Bonchev–Trinajstić information content (AvgIpc) is 3.07. The van der Waals surface area contributed by atoms with Crippen molar-refractivity contribution in [2.24, 2.45) is 5.92 Å². The fraction of sp³-hybridized carbons (Fsp3) is 0.938. The summed E-state index contributed by atoms with van der Waals surface area (Å²) in [5.74, 6) is -0.134. The van der Waals surface area contributed by atoms with E-state index < -0.39 is 11.5 Å². The molecule has 2 atom stereocenters. The van der Waals surface area contributed by atoms with Crippen molar-refractivity contribution in [2.75, 3.05) is 6.54 Å². The molecule has 0 heterocycles. The predicted molar refractivity (Wildman–Crippen MR) is 83.0 cm³/mol. The van der Waals surface area contributed by atoms with Crippen molar-refractivity contribution in [2.45, 2.75) is 84.5 Å². The van der Waals surface area contributed by atoms with Crippen LogP contribution in [0, 0.1) is 5.92 Å². The number of rotatable bonds is 9. The van der Waals surface area contributed by atoms with Crippen LogP contribution >= 0.6 is 0 Å². The summed E-state index contributed by atoms with van der Waals surface area (Å²) in [7, 11) is 0. The molecule has 0 aliphatic heterocycles. The summed E-state index contributed by atoms with van der Waals surface area (Å²) in [4.78, 5) is 14.1. The van der Waals surface area contributed by atoms with E-state index in [1.807, 2.05) is 20.8 Å². The molecule has 20 heavy (non-hydrogen) atoms. The average molecular weight is 284 g/mol. The van der Waals surface area contributed by atoms with Crippen LogP contribution in [0.15, 0.2) is 0 Å². The van der Waals surface area contributed by atoms with Gasteiger partial charge in [-0.25, -0.2) is 0 Å². The number of carboxylic acids is 1. The molecule has 0 aromatic rings. The van der Waals surface area contributed by atoms with Gasteiger partial charge < -0.3 is 5.11 Å². The number of carbonyl (C=O) groups is 1. The van der Waals surface area contributed by atoms with E-state index in [1.54, 1.807) is 0 Å². The Balaban J connectivity index is 2.72. The topological polar surface area (TPSA) is 52.6 Å². The van der Waals surface area contributed by atoms with Gasteiger partial charge in [0.05, 0.1) is 0 Å². The molecule has 118 valence electrons. The van der Waals surface area contributed by atoms with Crippen LogP contribution in [0.4, 0.5) is 0 Å². The lowest BCUT2D eigenvalue weighted by atomic mass is 9.91. The fourth-order valence-electron chi connectivity index (χ4n) is 3.07. The van der Waals surface area contributed by atoms with Gasteiger partial charge in [-0.3, -0.25) is 15.0 Å². The summed E-state index contributed by atoms with van der Waals surface area (Å²) in [5.41, 5.74) is -0.850. The lowest BCUT2D eigenvalue weighted by Gasteiger charge is -2.37. The molecular formula is C16H32N2O2. The number of hydrogen-bond acceptors (Lipinski definition) is 3. The highest BCUT2D eigenvalue weighted by Gasteiger charge is 2.39. The summed E-state index contributed by atoms with van der Waals surface area (Å²) in [6.45, 7) is 13.5. The Hall–Kier alpha value is -0.610. The molecule has 1 fully saturated rings. The maximum Gasteiger partial charge on any atom is 0.323 e. The summed E-state index contributed by atoms with van der Waals surface area (Å²) < 4.78 is 0. The molecule has 4 heteroatoms. The normalized spacial score (nSPS) is 20.4. The van der Waals surface area contributed by atoms with Gasteiger partial charge in [-0.15, -0.1) is 0 Å². The molecule has 1 rings (SSSR count). The second-order valence-electron chi connectivity index (χ2n) is 7.31. The van der Waals surface area contributed by atoms with Gasteiger partial charge in [0.25, 0.3) is 0 Å². The number of aliphatic carboxylic acids is 1. The highest BCUT2D eigenvalue weighted by Crippen LogP contribution is 2.31. The van der Waals surface area contributed by atoms with Gasteiger partial charge in [0.1, 0.15) is 5.54 Å². The number of nitrogens with one attached hydrogen (secondary N) is 1. The third kappa shape index (κ3) is 5.06. The quantitative estimate of drug-likeness (QED) is 0.683. The second-order valence-corrected chi connectivity index (χ2v) is 7.31. The SMILES string of the molecule is CC(C)CN(C(C)CC(C)(NC(C)C)C(=O)O)C1CC1. The van der Waals surface area contributed by atoms with Crippen LogP contribution in [-0.2, 0) is 4.79 Å². The molecule has 0 saturated heterocycles. The lowest BCUT2D eigenvalue weighted by Crippen LogP contribution is -2.56. The van der Waals surface area contributed by atoms with E-state index in [0.29, 0.717) is 18.4 Å². The maximum atomic E-state index is 11.6. The molecule has 0 bridgehead atoms. The van der Waals surface area contributed by atoms with Crippen LogP contribution in [-0.4, -0.2) is 46.2 Å². The lowest BCUT2D eigenvalue weighted by molar-refractivity contribution is -0.145. The highest BCUT2D eigenvalue weighted by atomic mass is 16.4. The van der Waals surface area contributed by atoms with Crippen LogP contribution < -0.4 is 5.32 Å². The first kappa shape index (κ1) is 17.4. The van der Waals surface area contributed by atoms with Crippen molar-refractivity contribution < 1.29 is 9.90 Å². The Labute approximate surface area is 123 Å². The predicted octanol–water partition coefficient (Wildman–Crippen LogP) is 2.73. The third-order valence-corrected chi connectivity index (χ3v) is 3.94. The minimum atomic E-state index is -0.850. The first-order valence-corrected chi connectivity index (χ1v) is 7.92. The molecule has 0 amide bonds. The van der Waals surface area contributed by atoms with Crippen LogP contribution in [0.2, 0.25) is 0 Å². The largest absolute Gasteiger partial charge is 0.480 e. The zero-order valence-corrected chi connectivity index (χ0v) is 13.9. The van der Waals surface area contributed by atoms with Gasteiger partial charge in [-0.2, -0.15) is 0 Å². The number of nitrogens with zero attached hydrogens (tertiary/aromatic N) is 1. The van der Waals surface area contributed by atoms with Gasteiger partial charge >= 0.3 is 5.97 Å². The van der Waals surface area contributed by atoms with Gasteiger partial charge in [0.2, 0.25) is 0 Å². The van der Waals surface area contributed by atoms with Crippen molar-refractivity contribution in [3.05, 3.63) is 0 Å². The van der Waals surface area contributed by atoms with Gasteiger partial charge in [-0.05, 0) is 52.9 Å². The Bertz CT molecular complexity index is 326. The first-order chi connectivity index (χ1) is 9.15. The molecule has 4 nitrogen and oxygen atoms in total. The van der Waals surface area contributed by atoms with Gasteiger partial charge in [0.15, 0.2) is 0 Å². The van der Waals surface area contributed by atoms with Crippen LogP contribution in [0.25, 0.3) is 0 Å². The van der Waals surface area contributed by atoms with E-state index in [2.05, 4.69) is 31.0 Å². The summed E-state index contributed by atoms with van der Waals surface area (Å²) >= 11 is 0. The smallest absolute Gasteiger partial charge is 0.323 e. The Kier molecular flexibility index (Phi) is 6.02. The zero-order valence-electron chi connectivity index (χ0n) is 13.9. The third-order valence-electron chi connectivity index (χ3n) is 3.94. The molecule has 0 aromatic heterocycles. The molecule has 1 aliphatic rings. The van der Waals surface area contributed by atoms with Gasteiger partial charge in [-0.1, -0.05) is 13.8 Å². The van der Waals surface area contributed by atoms with Crippen molar-refractivity contribution in [1.29, 1.82) is 0 Å². The molecule has 0 spiro atoms. The molecule has 2 N–H and O–H groups in total. The Morgan fingerprint density at radius 2 is 1.85 bits per heavy atom. The Morgan fingerprint density at radius 1 is 1.30 bits per heavy atom. The highest BCUT2D eigenvalue weighted by molar-refractivity contribution is 5.78. The molecule has 1 saturated carbocycles. The number of carboxylic acid groups (broad SMARTS) is 1. The first-order valence-electron chi connectivity index (χ1n) is 7.92. The summed E-state index contributed by atoms with van der Waals surface area (Å²) in [5, 5.41) is 12.8. The van der Waals surface area contributed by atoms with E-state index in [9.17, 15) is 9.90 Å². The molecule has 1 aliphatic carbocycles. The standard InChI is InChI=1S/C16H32N2O2/c1-11(2)10-18(14-7-8-14)13(5)9-16(6,15(19)20)17-12(3)4/h11-14,17H,7-10H2,1-6H3,(H,19,20). The van der Waals surface area contributed by atoms with Crippen LogP contribution in [0.1, 0.15) is 60.8 Å². The monoisotopic (exact) mass is 284 g/mol. The van der Waals surface area contributed by atoms with Gasteiger partial charge in [0, 0.05) is 24.7 Å². The molecular weight excluding hydrogens is 252 g/mol.